The lowest BCUT2D eigenvalue weighted by molar-refractivity contribution is -0.916. The molecule has 1 N–H and O–H groups in total. The normalized spacial score (nSPS) is 26.9. The Labute approximate surface area is 171 Å². The van der Waals surface area contributed by atoms with Crippen LogP contribution < -0.4 is 15.0 Å². The summed E-state index contributed by atoms with van der Waals surface area (Å²) in [6, 6.07) is 7.91. The van der Waals surface area contributed by atoms with Crippen LogP contribution in [-0.4, -0.2) is 40.3 Å². The number of likely N-dealkylation sites (tertiary alicyclic amines) is 1. The van der Waals surface area contributed by atoms with Gasteiger partial charge >= 0.3 is 0 Å². The average molecular weight is 392 g/mol. The maximum atomic E-state index is 2.66. The second kappa shape index (κ2) is 7.35. The molecule has 3 heteroatoms. The minimum Gasteiger partial charge on any atom is -0.372 e. The monoisotopic (exact) mass is 391 g/mol. The maximum absolute atomic E-state index is 2.66. The minimum atomic E-state index is -1.67. The molecule has 0 amide bonds. The quantitative estimate of drug-likeness (QED) is 0.759. The predicted octanol–water partition coefficient (Wildman–Crippen LogP) is 3.46. The van der Waals surface area contributed by atoms with Gasteiger partial charge in [-0.15, -0.1) is 0 Å². The second-order valence-corrected chi connectivity index (χ2v) is 14.1. The van der Waals surface area contributed by atoms with Gasteiger partial charge in [0.25, 0.3) is 0 Å². The molecule has 28 heavy (non-hydrogen) atoms. The van der Waals surface area contributed by atoms with E-state index in [2.05, 4.69) is 60.5 Å². The smallest absolute Gasteiger partial charge is 0.125 e. The molecule has 1 aromatic rings. The number of hydrogen-bond donors (Lipinski definition) is 1. The van der Waals surface area contributed by atoms with Gasteiger partial charge in [0.05, 0.1) is 13.1 Å². The molecule has 0 spiro atoms. The van der Waals surface area contributed by atoms with Crippen molar-refractivity contribution in [3.8, 4) is 0 Å². The summed E-state index contributed by atoms with van der Waals surface area (Å²) < 4.78 is 0. The molecular weight excluding hydrogens is 356 g/mol. The molecule has 2 nitrogen and oxygen atoms in total. The molecule has 4 aliphatic rings. The summed E-state index contributed by atoms with van der Waals surface area (Å²) in [5.41, 5.74) is 4.42. The van der Waals surface area contributed by atoms with E-state index < -0.39 is 8.07 Å². The first-order chi connectivity index (χ1) is 13.6. The highest BCUT2D eigenvalue weighted by Gasteiger charge is 2.38. The van der Waals surface area contributed by atoms with Gasteiger partial charge in [-0.2, -0.15) is 0 Å². The second-order valence-electron chi connectivity index (χ2n) is 9.73. The van der Waals surface area contributed by atoms with Gasteiger partial charge in [-0.1, -0.05) is 25.2 Å². The summed E-state index contributed by atoms with van der Waals surface area (Å²) in [5.74, 6) is 0. The fourth-order valence-electron chi connectivity index (χ4n) is 5.79. The van der Waals surface area contributed by atoms with Crippen molar-refractivity contribution in [2.45, 2.75) is 57.7 Å². The minimum absolute atomic E-state index is 0.589. The van der Waals surface area contributed by atoms with Crippen molar-refractivity contribution >= 4 is 25.0 Å². The summed E-state index contributed by atoms with van der Waals surface area (Å²) in [4.78, 5) is 4.40. The van der Waals surface area contributed by atoms with E-state index >= 15 is 0 Å². The largest absolute Gasteiger partial charge is 0.372 e. The van der Waals surface area contributed by atoms with Gasteiger partial charge < -0.3 is 9.80 Å². The standard InChI is InChI=1S/C25H34N2Si/c1-28(2)24-18-22(26-13-5-3-6-14-26)11-9-20(24)17-21-10-12-23(19-25(21)28)27-15-7-4-8-16-27/h9-12,17-19,22H,3-8,13-16H2,1-2H3/p+1. The summed E-state index contributed by atoms with van der Waals surface area (Å²) in [7, 11) is -1.67. The van der Waals surface area contributed by atoms with Gasteiger partial charge in [-0.3, -0.25) is 0 Å². The first-order valence-electron chi connectivity index (χ1n) is 11.5. The molecule has 0 aromatic heterocycles. The highest BCUT2D eigenvalue weighted by Crippen LogP contribution is 2.35. The van der Waals surface area contributed by atoms with E-state index in [1.54, 1.807) is 15.3 Å². The third-order valence-electron chi connectivity index (χ3n) is 7.52. The molecule has 1 atom stereocenters. The molecule has 0 radical (unpaired) electrons. The van der Waals surface area contributed by atoms with E-state index in [0.29, 0.717) is 6.04 Å². The Hall–Kier alpha value is -1.58. The number of nitrogens with zero attached hydrogens (tertiary/aromatic N) is 1. The molecule has 1 aromatic carbocycles. The molecule has 1 unspecified atom stereocenters. The van der Waals surface area contributed by atoms with Crippen LogP contribution in [0.4, 0.5) is 5.69 Å². The summed E-state index contributed by atoms with van der Waals surface area (Å²) in [6.07, 6.45) is 18.3. The number of hydrogen-bond acceptors (Lipinski definition) is 1. The highest BCUT2D eigenvalue weighted by molar-refractivity contribution is 6.97. The van der Waals surface area contributed by atoms with E-state index in [1.165, 1.54) is 81.5 Å². The van der Waals surface area contributed by atoms with E-state index in [9.17, 15) is 0 Å². The van der Waals surface area contributed by atoms with Crippen molar-refractivity contribution < 1.29 is 4.90 Å². The Balaban J connectivity index is 1.50. The third-order valence-corrected chi connectivity index (χ3v) is 11.1. The molecule has 0 saturated carbocycles. The zero-order valence-corrected chi connectivity index (χ0v) is 18.6. The molecule has 3 heterocycles. The maximum Gasteiger partial charge on any atom is 0.125 e. The van der Waals surface area contributed by atoms with Gasteiger partial charge in [0.15, 0.2) is 0 Å². The number of fused-ring (bicyclic) bond motifs is 2. The molecule has 148 valence electrons. The molecular formula is C25H35N2Si+. The number of quaternary nitrogens is 1. The fourth-order valence-corrected chi connectivity index (χ4v) is 8.94. The van der Waals surface area contributed by atoms with Gasteiger partial charge in [0.1, 0.15) is 14.1 Å². The lowest BCUT2D eigenvalue weighted by atomic mass is 9.99. The van der Waals surface area contributed by atoms with E-state index in [0.717, 1.165) is 0 Å². The van der Waals surface area contributed by atoms with Crippen molar-refractivity contribution in [3.63, 3.8) is 0 Å². The first-order valence-corrected chi connectivity index (χ1v) is 14.5. The van der Waals surface area contributed by atoms with Crippen LogP contribution in [0.25, 0.3) is 6.08 Å². The van der Waals surface area contributed by atoms with Crippen molar-refractivity contribution in [2.75, 3.05) is 31.1 Å². The molecule has 2 fully saturated rings. The van der Waals surface area contributed by atoms with Crippen LogP contribution in [0.3, 0.4) is 0 Å². The van der Waals surface area contributed by atoms with E-state index in [1.807, 2.05) is 0 Å². The lowest BCUT2D eigenvalue weighted by Crippen LogP contribution is -3.16. The van der Waals surface area contributed by atoms with Crippen LogP contribution in [-0.2, 0) is 0 Å². The van der Waals surface area contributed by atoms with E-state index in [-0.39, 0.29) is 0 Å². The molecule has 0 bridgehead atoms. The number of nitrogens with one attached hydrogen (secondary N) is 1. The Kier molecular flexibility index (Phi) is 4.84. The van der Waals surface area contributed by atoms with Crippen LogP contribution in [0.2, 0.25) is 13.1 Å². The van der Waals surface area contributed by atoms with Crippen LogP contribution in [0, 0.1) is 0 Å². The number of anilines is 1. The van der Waals surface area contributed by atoms with Gasteiger partial charge in [0.2, 0.25) is 0 Å². The predicted molar refractivity (Wildman–Crippen MR) is 123 cm³/mol. The zero-order valence-electron chi connectivity index (χ0n) is 17.6. The Bertz CT molecular complexity index is 836. The van der Waals surface area contributed by atoms with Crippen molar-refractivity contribution in [1.29, 1.82) is 0 Å². The summed E-state index contributed by atoms with van der Waals surface area (Å²) >= 11 is 0. The number of allylic oxidation sites excluding steroid dienone is 3. The Morgan fingerprint density at radius 1 is 0.964 bits per heavy atom. The van der Waals surface area contributed by atoms with Crippen molar-refractivity contribution in [3.05, 3.63) is 52.8 Å². The zero-order chi connectivity index (χ0) is 19.1. The fraction of sp³-hybridized carbons (Fsp3) is 0.520. The van der Waals surface area contributed by atoms with Crippen LogP contribution in [0.5, 0.6) is 0 Å². The summed E-state index contributed by atoms with van der Waals surface area (Å²) in [6.45, 7) is 10.3. The Morgan fingerprint density at radius 2 is 1.71 bits per heavy atom. The number of benzene rings is 1. The third kappa shape index (κ3) is 3.23. The number of piperidine rings is 2. The molecule has 2 saturated heterocycles. The average Bonchev–Trinajstić information content (AvgIpc) is 2.75. The van der Waals surface area contributed by atoms with Gasteiger partial charge in [0, 0.05) is 18.8 Å². The van der Waals surface area contributed by atoms with Gasteiger partial charge in [-0.25, -0.2) is 0 Å². The van der Waals surface area contributed by atoms with Crippen molar-refractivity contribution in [2.24, 2.45) is 0 Å². The topological polar surface area (TPSA) is 7.68 Å². The van der Waals surface area contributed by atoms with E-state index in [4.69, 9.17) is 0 Å². The Morgan fingerprint density at radius 3 is 2.50 bits per heavy atom. The van der Waals surface area contributed by atoms with Crippen LogP contribution in [0.15, 0.2) is 47.2 Å². The highest BCUT2D eigenvalue weighted by atomic mass is 28.3. The molecule has 1 aliphatic carbocycles. The molecule has 3 aliphatic heterocycles. The van der Waals surface area contributed by atoms with Crippen molar-refractivity contribution in [1.82, 2.24) is 0 Å². The first kappa shape index (κ1) is 18.4. The number of rotatable bonds is 2. The lowest BCUT2D eigenvalue weighted by Gasteiger charge is -2.38. The summed E-state index contributed by atoms with van der Waals surface area (Å²) in [5, 5.41) is 3.33. The van der Waals surface area contributed by atoms with Crippen LogP contribution in [0.1, 0.15) is 44.1 Å². The SMILES string of the molecule is C[Si]1(C)C2=CC([NH+]3CCCCC3)C=CC2=Cc2ccc(N3CCCCC3)cc21. The molecule has 5 rings (SSSR count). The van der Waals surface area contributed by atoms with Crippen LogP contribution >= 0.6 is 0 Å². The van der Waals surface area contributed by atoms with Gasteiger partial charge in [-0.05, 0) is 90.4 Å².